The van der Waals surface area contributed by atoms with Crippen LogP contribution < -0.4 is 10.6 Å². The first kappa shape index (κ1) is 15.9. The lowest BCUT2D eigenvalue weighted by Crippen LogP contribution is -2.51. The molecule has 0 saturated carbocycles. The standard InChI is InChI=1S/C18H28N2O/c1-3-5-9-13-18(14-10-6-4-2)15-11-7-8-12-16(15)19-17(21)20-18/h7-8,11-12H,3-6,9-10,13-14H2,1-2H3,(H2,19,20,21). The van der Waals surface area contributed by atoms with Gasteiger partial charge >= 0.3 is 6.03 Å². The van der Waals surface area contributed by atoms with Crippen molar-refractivity contribution in [3.63, 3.8) is 0 Å². The number of nitrogens with one attached hydrogen (secondary N) is 2. The van der Waals surface area contributed by atoms with Crippen molar-refractivity contribution in [1.82, 2.24) is 5.32 Å². The molecule has 0 spiro atoms. The highest BCUT2D eigenvalue weighted by Crippen LogP contribution is 2.39. The maximum absolute atomic E-state index is 12.1. The summed E-state index contributed by atoms with van der Waals surface area (Å²) in [6, 6.07) is 8.20. The lowest BCUT2D eigenvalue weighted by molar-refractivity contribution is 0.220. The molecule has 0 saturated heterocycles. The van der Waals surface area contributed by atoms with Crippen molar-refractivity contribution in [2.75, 3.05) is 5.32 Å². The maximum atomic E-state index is 12.1. The first-order valence-electron chi connectivity index (χ1n) is 8.40. The summed E-state index contributed by atoms with van der Waals surface area (Å²) in [5, 5.41) is 6.20. The van der Waals surface area contributed by atoms with Crippen LogP contribution in [-0.2, 0) is 5.54 Å². The average molecular weight is 288 g/mol. The highest BCUT2D eigenvalue weighted by atomic mass is 16.2. The van der Waals surface area contributed by atoms with Crippen LogP contribution in [0.3, 0.4) is 0 Å². The molecule has 0 bridgehead atoms. The van der Waals surface area contributed by atoms with E-state index < -0.39 is 0 Å². The molecule has 21 heavy (non-hydrogen) atoms. The van der Waals surface area contributed by atoms with E-state index in [2.05, 4.69) is 36.6 Å². The van der Waals surface area contributed by atoms with Gasteiger partial charge in [-0.2, -0.15) is 0 Å². The monoisotopic (exact) mass is 288 g/mol. The number of rotatable bonds is 8. The largest absolute Gasteiger partial charge is 0.328 e. The Morgan fingerprint density at radius 1 is 0.952 bits per heavy atom. The van der Waals surface area contributed by atoms with E-state index in [-0.39, 0.29) is 11.6 Å². The summed E-state index contributed by atoms with van der Waals surface area (Å²) in [7, 11) is 0. The number of fused-ring (bicyclic) bond motifs is 1. The lowest BCUT2D eigenvalue weighted by atomic mass is 9.78. The third kappa shape index (κ3) is 3.78. The number of carbonyl (C=O) groups is 1. The fourth-order valence-corrected chi connectivity index (χ4v) is 3.32. The summed E-state index contributed by atoms with van der Waals surface area (Å²) in [6.45, 7) is 4.44. The molecule has 1 heterocycles. The molecular weight excluding hydrogens is 260 g/mol. The number of urea groups is 1. The van der Waals surface area contributed by atoms with E-state index in [0.717, 1.165) is 31.4 Å². The van der Waals surface area contributed by atoms with Gasteiger partial charge in [0.2, 0.25) is 0 Å². The molecular formula is C18H28N2O. The average Bonchev–Trinajstić information content (AvgIpc) is 2.48. The summed E-state index contributed by atoms with van der Waals surface area (Å²) < 4.78 is 0. The topological polar surface area (TPSA) is 41.1 Å². The first-order chi connectivity index (χ1) is 10.2. The van der Waals surface area contributed by atoms with Gasteiger partial charge in [-0.15, -0.1) is 0 Å². The second-order valence-electron chi connectivity index (χ2n) is 6.12. The van der Waals surface area contributed by atoms with E-state index in [4.69, 9.17) is 0 Å². The molecule has 3 heteroatoms. The normalized spacial score (nSPS) is 16.0. The molecule has 0 aromatic heterocycles. The Balaban J connectivity index is 2.26. The highest BCUT2D eigenvalue weighted by Gasteiger charge is 2.38. The second kappa shape index (κ2) is 7.48. The van der Waals surface area contributed by atoms with Gasteiger partial charge in [0.25, 0.3) is 0 Å². The summed E-state index contributed by atoms with van der Waals surface area (Å²) in [6.07, 6.45) is 9.26. The van der Waals surface area contributed by atoms with E-state index >= 15 is 0 Å². The van der Waals surface area contributed by atoms with Gasteiger partial charge in [-0.05, 0) is 18.9 Å². The fraction of sp³-hybridized carbons (Fsp3) is 0.611. The summed E-state index contributed by atoms with van der Waals surface area (Å²) in [5.74, 6) is 0. The number of para-hydroxylation sites is 1. The van der Waals surface area contributed by atoms with Crippen LogP contribution in [0.1, 0.15) is 70.8 Å². The number of benzene rings is 1. The van der Waals surface area contributed by atoms with Gasteiger partial charge in [0, 0.05) is 11.3 Å². The highest BCUT2D eigenvalue weighted by molar-refractivity contribution is 5.93. The predicted molar refractivity (Wildman–Crippen MR) is 88.6 cm³/mol. The Morgan fingerprint density at radius 3 is 2.19 bits per heavy atom. The number of amides is 2. The zero-order chi connectivity index (χ0) is 15.1. The minimum absolute atomic E-state index is 0.0540. The molecule has 2 N–H and O–H groups in total. The molecule has 0 aliphatic carbocycles. The van der Waals surface area contributed by atoms with Crippen molar-refractivity contribution in [3.05, 3.63) is 29.8 Å². The molecule has 0 atom stereocenters. The van der Waals surface area contributed by atoms with Gasteiger partial charge in [-0.3, -0.25) is 0 Å². The van der Waals surface area contributed by atoms with E-state index in [9.17, 15) is 4.79 Å². The number of hydrogen-bond donors (Lipinski definition) is 2. The van der Waals surface area contributed by atoms with Crippen LogP contribution in [0.5, 0.6) is 0 Å². The number of hydrogen-bond acceptors (Lipinski definition) is 1. The lowest BCUT2D eigenvalue weighted by Gasteiger charge is -2.40. The van der Waals surface area contributed by atoms with Gasteiger partial charge in [0.1, 0.15) is 0 Å². The molecule has 3 nitrogen and oxygen atoms in total. The minimum atomic E-state index is -0.177. The van der Waals surface area contributed by atoms with E-state index in [0.29, 0.717) is 0 Å². The molecule has 1 aromatic rings. The Labute approximate surface area is 128 Å². The minimum Gasteiger partial charge on any atom is -0.328 e. The number of carbonyl (C=O) groups excluding carboxylic acids is 1. The Bertz CT molecular complexity index is 460. The number of anilines is 1. The Kier molecular flexibility index (Phi) is 5.66. The van der Waals surface area contributed by atoms with Crippen molar-refractivity contribution < 1.29 is 4.79 Å². The quantitative estimate of drug-likeness (QED) is 0.636. The second-order valence-corrected chi connectivity index (χ2v) is 6.12. The molecule has 2 amide bonds. The van der Waals surface area contributed by atoms with E-state index in [1.54, 1.807) is 0 Å². The molecule has 1 aliphatic rings. The van der Waals surface area contributed by atoms with Crippen molar-refractivity contribution in [3.8, 4) is 0 Å². The van der Waals surface area contributed by atoms with Crippen LogP contribution in [0.4, 0.5) is 10.5 Å². The third-order valence-electron chi connectivity index (χ3n) is 4.46. The summed E-state index contributed by atoms with van der Waals surface area (Å²) >= 11 is 0. The molecule has 2 rings (SSSR count). The van der Waals surface area contributed by atoms with Crippen LogP contribution in [0.25, 0.3) is 0 Å². The molecule has 1 aliphatic heterocycles. The van der Waals surface area contributed by atoms with Crippen LogP contribution in [-0.4, -0.2) is 6.03 Å². The van der Waals surface area contributed by atoms with Crippen LogP contribution >= 0.6 is 0 Å². The Hall–Kier alpha value is -1.51. The summed E-state index contributed by atoms with van der Waals surface area (Å²) in [4.78, 5) is 12.1. The number of unbranched alkanes of at least 4 members (excludes halogenated alkanes) is 4. The van der Waals surface area contributed by atoms with Gasteiger partial charge in [0.05, 0.1) is 5.54 Å². The van der Waals surface area contributed by atoms with Crippen molar-refractivity contribution in [1.29, 1.82) is 0 Å². The third-order valence-corrected chi connectivity index (χ3v) is 4.46. The van der Waals surface area contributed by atoms with Crippen molar-refractivity contribution >= 4 is 11.7 Å². The predicted octanol–water partition coefficient (Wildman–Crippen LogP) is 5.18. The zero-order valence-corrected chi connectivity index (χ0v) is 13.4. The molecule has 0 radical (unpaired) electrons. The molecule has 0 unspecified atom stereocenters. The van der Waals surface area contributed by atoms with Gasteiger partial charge in [-0.1, -0.05) is 70.6 Å². The zero-order valence-electron chi connectivity index (χ0n) is 13.4. The van der Waals surface area contributed by atoms with Crippen LogP contribution in [0.2, 0.25) is 0 Å². The summed E-state index contributed by atoms with van der Waals surface area (Å²) in [5.41, 5.74) is 2.06. The SMILES string of the molecule is CCCCCC1(CCCCC)NC(=O)Nc2ccccc21. The van der Waals surface area contributed by atoms with Crippen LogP contribution in [0.15, 0.2) is 24.3 Å². The molecule has 1 aromatic carbocycles. The van der Waals surface area contributed by atoms with E-state index in [1.807, 2.05) is 12.1 Å². The van der Waals surface area contributed by atoms with Gasteiger partial charge < -0.3 is 10.6 Å². The van der Waals surface area contributed by atoms with Gasteiger partial charge in [0.15, 0.2) is 0 Å². The fourth-order valence-electron chi connectivity index (χ4n) is 3.32. The first-order valence-corrected chi connectivity index (χ1v) is 8.40. The van der Waals surface area contributed by atoms with Crippen LogP contribution in [0, 0.1) is 0 Å². The van der Waals surface area contributed by atoms with Gasteiger partial charge in [-0.25, -0.2) is 4.79 Å². The van der Waals surface area contributed by atoms with E-state index in [1.165, 1.54) is 31.2 Å². The Morgan fingerprint density at radius 2 is 1.57 bits per heavy atom. The molecule has 116 valence electrons. The van der Waals surface area contributed by atoms with Crippen molar-refractivity contribution in [2.24, 2.45) is 0 Å². The maximum Gasteiger partial charge on any atom is 0.319 e. The smallest absolute Gasteiger partial charge is 0.319 e. The molecule has 0 fully saturated rings. The van der Waals surface area contributed by atoms with Crippen molar-refractivity contribution in [2.45, 2.75) is 70.8 Å².